The van der Waals surface area contributed by atoms with Crippen LogP contribution in [0.2, 0.25) is 5.15 Å². The van der Waals surface area contributed by atoms with Gasteiger partial charge in [-0.15, -0.1) is 20.4 Å². The van der Waals surface area contributed by atoms with Crippen LogP contribution in [0, 0.1) is 13.1 Å². The van der Waals surface area contributed by atoms with Gasteiger partial charge in [-0.25, -0.2) is 9.69 Å². The Balaban J connectivity index is 0.000000143. The van der Waals surface area contributed by atoms with E-state index in [2.05, 4.69) is 81.9 Å². The van der Waals surface area contributed by atoms with E-state index in [-0.39, 0.29) is 31.8 Å². The van der Waals surface area contributed by atoms with Gasteiger partial charge in [0.15, 0.2) is 28.2 Å². The standard InChI is InChI=1S/C26H22N6O.C20H31O2P.C19H18ClN5O.C7H6BNO2/c1-18-17-31(26(33)20-6-4-3-5-7-20)14-15-32(18)25-23-16-28-13-12-22(23)24(29-30-25)19-8-10-21(27-2)11-9-19;1-21-18-14-9-15-19(22-2)20(18)23(16-10-5-3-6-11-16)17-12-7-4-8-13-17;1-13-12-24(19(26)14-5-3-2-4-6-14)9-10-25(13)18-16-11-21-8-7-15(16)17(20)22-23-18;1-9-7-4-2-6(3-5-7)8(10)11/h3-13,16,18H,14-15,17H2,1H3;9,14-17H,3-8,10-13H2,1-2H3;2-8,11,13H,9-10,12H2,1H3;2-5,10-11H/t18-;;13-;/m1.1./s1. The van der Waals surface area contributed by atoms with Crippen LogP contribution < -0.4 is 30.0 Å². The van der Waals surface area contributed by atoms with Gasteiger partial charge in [-0.2, -0.15) is 0 Å². The molecule has 2 aliphatic heterocycles. The van der Waals surface area contributed by atoms with E-state index < -0.39 is 7.12 Å². The Hall–Kier alpha value is -9.10. The van der Waals surface area contributed by atoms with Gasteiger partial charge in [-0.3, -0.25) is 19.6 Å². The second kappa shape index (κ2) is 32.5. The number of methoxy groups -OCH3 is 2. The minimum absolute atomic E-state index is 0.0536. The quantitative estimate of drug-likeness (QED) is 0.0706. The second-order valence-corrected chi connectivity index (χ2v) is 26.7. The molecule has 4 aliphatic rings. The van der Waals surface area contributed by atoms with Gasteiger partial charge < -0.3 is 39.1 Å². The van der Waals surface area contributed by atoms with E-state index in [9.17, 15) is 9.59 Å². The minimum atomic E-state index is -1.45. The highest BCUT2D eigenvalue weighted by Gasteiger charge is 2.37. The number of halogens is 1. The van der Waals surface area contributed by atoms with E-state index in [1.807, 2.05) is 115 Å². The Morgan fingerprint density at radius 1 is 0.548 bits per heavy atom. The Kier molecular flexibility index (Phi) is 23.3. The van der Waals surface area contributed by atoms with Crippen molar-refractivity contribution in [3.8, 4) is 22.8 Å². The summed E-state index contributed by atoms with van der Waals surface area (Å²) in [6, 6.07) is 42.6. The predicted molar refractivity (Wildman–Crippen MR) is 372 cm³/mol. The van der Waals surface area contributed by atoms with E-state index in [1.165, 1.54) is 81.6 Å². The molecule has 2 aliphatic carbocycles. The fourth-order valence-electron chi connectivity index (χ4n) is 12.9. The Labute approximate surface area is 551 Å². The molecule has 2 amide bonds. The van der Waals surface area contributed by atoms with Crippen molar-refractivity contribution >= 4 is 93.8 Å². The largest absolute Gasteiger partial charge is 0.496 e. The van der Waals surface area contributed by atoms with Gasteiger partial charge in [0.1, 0.15) is 17.2 Å². The molecule has 18 nitrogen and oxygen atoms in total. The third-order valence-electron chi connectivity index (χ3n) is 17.7. The molecule has 476 valence electrons. The van der Waals surface area contributed by atoms with Crippen molar-refractivity contribution in [2.45, 2.75) is 101 Å². The summed E-state index contributed by atoms with van der Waals surface area (Å²) in [4.78, 5) is 48.9. The van der Waals surface area contributed by atoms with E-state index in [4.69, 9.17) is 44.3 Å². The van der Waals surface area contributed by atoms with Gasteiger partial charge in [0, 0.05) is 114 Å². The molecule has 93 heavy (non-hydrogen) atoms. The van der Waals surface area contributed by atoms with Gasteiger partial charge >= 0.3 is 7.12 Å². The number of carbonyl (C=O) groups is 2. The Bertz CT molecular complexity index is 4000. The predicted octanol–water partition coefficient (Wildman–Crippen LogP) is 13.0. The van der Waals surface area contributed by atoms with Crippen molar-refractivity contribution in [3.63, 3.8) is 0 Å². The lowest BCUT2D eigenvalue weighted by molar-refractivity contribution is 0.0719. The molecule has 0 spiro atoms. The third-order valence-corrected chi connectivity index (χ3v) is 21.5. The molecule has 0 radical (unpaired) electrons. The van der Waals surface area contributed by atoms with Crippen molar-refractivity contribution < 1.29 is 29.1 Å². The fourth-order valence-corrected chi connectivity index (χ4v) is 17.1. The molecule has 0 bridgehead atoms. The number of carbonyl (C=O) groups excluding carboxylic acids is 2. The van der Waals surface area contributed by atoms with Gasteiger partial charge in [0.25, 0.3) is 11.8 Å². The number of anilines is 2. The lowest BCUT2D eigenvalue weighted by Crippen LogP contribution is -2.54. The summed E-state index contributed by atoms with van der Waals surface area (Å²) < 4.78 is 11.6. The highest BCUT2D eigenvalue weighted by atomic mass is 35.5. The number of hydrogen-bond donors (Lipinski definition) is 2. The van der Waals surface area contributed by atoms with Crippen LogP contribution >= 0.6 is 19.5 Å². The molecule has 2 N–H and O–H groups in total. The zero-order valence-corrected chi connectivity index (χ0v) is 54.7. The summed E-state index contributed by atoms with van der Waals surface area (Å²) in [6.45, 7) is 21.8. The number of pyridine rings is 2. The van der Waals surface area contributed by atoms with Crippen molar-refractivity contribution in [3.05, 3.63) is 203 Å². The molecule has 0 unspecified atom stereocenters. The van der Waals surface area contributed by atoms with Gasteiger partial charge in [-0.05, 0) is 105 Å². The first kappa shape index (κ1) is 66.8. The molecule has 5 aromatic carbocycles. The highest BCUT2D eigenvalue weighted by Crippen LogP contribution is 2.58. The monoisotopic (exact) mass is 1280 g/mol. The van der Waals surface area contributed by atoms with E-state index in [1.54, 1.807) is 42.9 Å². The van der Waals surface area contributed by atoms with Crippen molar-refractivity contribution in [2.24, 2.45) is 0 Å². The van der Waals surface area contributed by atoms with Crippen LogP contribution in [0.15, 0.2) is 164 Å². The average molecular weight is 1280 g/mol. The van der Waals surface area contributed by atoms with Crippen LogP contribution in [0.4, 0.5) is 23.0 Å². The number of rotatable bonds is 11. The molecular formula is C72H77BClN12O6P. The Morgan fingerprint density at radius 2 is 1.00 bits per heavy atom. The molecular weight excluding hydrogens is 1210 g/mol. The summed E-state index contributed by atoms with van der Waals surface area (Å²) in [6.07, 6.45) is 21.2. The molecule has 21 heteroatoms. The lowest BCUT2D eigenvalue weighted by Gasteiger charge is -2.40. The van der Waals surface area contributed by atoms with E-state index in [0.29, 0.717) is 72.4 Å². The van der Waals surface area contributed by atoms with Gasteiger partial charge in [0.05, 0.1) is 32.7 Å². The summed E-state index contributed by atoms with van der Waals surface area (Å²) >= 11 is 6.16. The molecule has 2 saturated carbocycles. The summed E-state index contributed by atoms with van der Waals surface area (Å²) in [7, 11) is 1.98. The fraction of sp³-hybridized carbons (Fsp3) is 0.333. The number of ether oxygens (including phenoxy) is 2. The summed E-state index contributed by atoms with van der Waals surface area (Å²) in [5.74, 6) is 3.78. The van der Waals surface area contributed by atoms with Crippen molar-refractivity contribution in [2.75, 3.05) is 63.3 Å². The molecule has 9 aromatic rings. The molecule has 2 saturated heterocycles. The van der Waals surface area contributed by atoms with Gasteiger partial charge in [-0.1, -0.05) is 149 Å². The van der Waals surface area contributed by atoms with Crippen LogP contribution in [0.25, 0.3) is 42.5 Å². The van der Waals surface area contributed by atoms with Crippen LogP contribution in [-0.2, 0) is 0 Å². The number of piperazine rings is 2. The molecule has 4 fully saturated rings. The average Bonchev–Trinajstić information content (AvgIpc) is 0.839. The SMILES string of the molecule is COc1cccc(OC)c1P(C1CCCCC1)C1CCCCC1.C[C@@H]1CN(C(=O)c2ccccc2)CCN1c1nnc(Cl)c2ccncc12.[C-]#[N+]c1ccc(-c2nnc(N3CCN(C(=O)c4ccccc4)C[C@H]3C)c3cnccc23)cc1.[C-]#[N+]c1ccc(B(O)O)cc1. The van der Waals surface area contributed by atoms with Crippen molar-refractivity contribution in [1.29, 1.82) is 0 Å². The molecule has 6 heterocycles. The lowest BCUT2D eigenvalue weighted by atomic mass is 9.80. The number of benzene rings is 5. The maximum Gasteiger partial charge on any atom is 0.488 e. The van der Waals surface area contributed by atoms with Crippen LogP contribution in [0.5, 0.6) is 11.5 Å². The Morgan fingerprint density at radius 3 is 1.45 bits per heavy atom. The minimum Gasteiger partial charge on any atom is -0.496 e. The van der Waals surface area contributed by atoms with E-state index in [0.717, 1.165) is 67.3 Å². The second-order valence-electron chi connectivity index (χ2n) is 23.6. The maximum absolute atomic E-state index is 12.9. The number of aromatic nitrogens is 6. The first-order chi connectivity index (χ1) is 45.4. The smallest absolute Gasteiger partial charge is 0.488 e. The third kappa shape index (κ3) is 16.2. The van der Waals surface area contributed by atoms with Gasteiger partial charge in [0.2, 0.25) is 0 Å². The normalized spacial score (nSPS) is 16.7. The zero-order valence-electron chi connectivity index (χ0n) is 53.0. The summed E-state index contributed by atoms with van der Waals surface area (Å²) in [5.41, 5.74) is 6.31. The molecule has 2 atom stereocenters. The first-order valence-corrected chi connectivity index (χ1v) is 33.6. The van der Waals surface area contributed by atoms with Crippen LogP contribution in [0.1, 0.15) is 98.8 Å². The van der Waals surface area contributed by atoms with Crippen LogP contribution in [0.3, 0.4) is 0 Å². The molecule has 13 rings (SSSR count). The van der Waals surface area contributed by atoms with E-state index >= 15 is 0 Å². The maximum atomic E-state index is 12.9. The summed E-state index contributed by atoms with van der Waals surface area (Å²) in [5, 5.41) is 40.3. The van der Waals surface area contributed by atoms with Crippen molar-refractivity contribution in [1.82, 2.24) is 40.2 Å². The number of fused-ring (bicyclic) bond motifs is 2. The number of amides is 2. The highest BCUT2D eigenvalue weighted by molar-refractivity contribution is 7.67. The van der Waals surface area contributed by atoms with Crippen LogP contribution in [-0.4, -0.2) is 146 Å². The number of nitrogens with zero attached hydrogens (tertiary/aromatic N) is 12. The molecule has 4 aromatic heterocycles. The topological polar surface area (TPSA) is 192 Å². The zero-order chi connectivity index (χ0) is 65.2. The first-order valence-electron chi connectivity index (χ1n) is 31.8. The number of hydrogen-bond acceptors (Lipinski definition) is 14.